The van der Waals surface area contributed by atoms with Crippen LogP contribution in [0.5, 0.6) is 0 Å². The molecule has 0 fully saturated rings. The molecule has 0 aliphatic carbocycles. The first-order chi connectivity index (χ1) is 5.38. The maximum absolute atomic E-state index is 8.30. The van der Waals surface area contributed by atoms with Gasteiger partial charge in [0, 0.05) is 10.5 Å². The second kappa shape index (κ2) is 4.03. The van der Waals surface area contributed by atoms with E-state index in [0.717, 1.165) is 10.5 Å². The van der Waals surface area contributed by atoms with E-state index in [1.165, 1.54) is 6.21 Å². The lowest BCUT2D eigenvalue weighted by atomic mass is 10.2. The van der Waals surface area contributed by atoms with Crippen molar-refractivity contribution in [2.75, 3.05) is 6.26 Å². The molecule has 11 heavy (non-hydrogen) atoms. The van der Waals surface area contributed by atoms with Gasteiger partial charge in [0.1, 0.15) is 0 Å². The molecule has 58 valence electrons. The molecule has 0 heterocycles. The van der Waals surface area contributed by atoms with E-state index in [1.807, 2.05) is 30.5 Å². The molecule has 0 aliphatic rings. The van der Waals surface area contributed by atoms with Crippen molar-refractivity contribution in [2.24, 2.45) is 5.16 Å². The second-order valence-corrected chi connectivity index (χ2v) is 2.83. The number of hydrogen-bond donors (Lipinski definition) is 1. The molecule has 0 unspecified atom stereocenters. The highest BCUT2D eigenvalue weighted by Gasteiger charge is 1.95. The minimum absolute atomic E-state index is 0.947. The smallest absolute Gasteiger partial charge is 0.0745 e. The minimum Gasteiger partial charge on any atom is -0.411 e. The number of nitrogens with zero attached hydrogens (tertiary/aromatic N) is 1. The van der Waals surface area contributed by atoms with E-state index in [9.17, 15) is 0 Å². The lowest BCUT2D eigenvalue weighted by Gasteiger charge is -1.98. The van der Waals surface area contributed by atoms with Crippen LogP contribution in [0.15, 0.2) is 34.3 Å². The third kappa shape index (κ3) is 1.98. The summed E-state index contributed by atoms with van der Waals surface area (Å²) in [7, 11) is 0. The second-order valence-electron chi connectivity index (χ2n) is 1.99. The molecular formula is C8H9NOS. The fraction of sp³-hybridized carbons (Fsp3) is 0.125. The predicted octanol–water partition coefficient (Wildman–Crippen LogP) is 2.22. The van der Waals surface area contributed by atoms with Gasteiger partial charge in [-0.1, -0.05) is 23.4 Å². The molecule has 2 nitrogen and oxygen atoms in total. The van der Waals surface area contributed by atoms with Crippen LogP contribution in [-0.4, -0.2) is 17.7 Å². The largest absolute Gasteiger partial charge is 0.411 e. The average molecular weight is 167 g/mol. The van der Waals surface area contributed by atoms with E-state index in [2.05, 4.69) is 5.16 Å². The predicted molar refractivity (Wildman–Crippen MR) is 47.6 cm³/mol. The zero-order valence-electron chi connectivity index (χ0n) is 6.19. The molecule has 0 radical (unpaired) electrons. The summed E-state index contributed by atoms with van der Waals surface area (Å²) < 4.78 is 0. The Hall–Kier alpha value is -0.960. The summed E-state index contributed by atoms with van der Waals surface area (Å²) in [6.07, 6.45) is 3.43. The highest BCUT2D eigenvalue weighted by Crippen LogP contribution is 2.17. The molecule has 1 rings (SSSR count). The van der Waals surface area contributed by atoms with Gasteiger partial charge in [0.05, 0.1) is 6.21 Å². The Balaban J connectivity index is 3.02. The summed E-state index contributed by atoms with van der Waals surface area (Å²) in [6.45, 7) is 0. The number of rotatable bonds is 2. The Morgan fingerprint density at radius 2 is 2.18 bits per heavy atom. The highest BCUT2D eigenvalue weighted by atomic mass is 32.2. The molecular weight excluding hydrogens is 158 g/mol. The van der Waals surface area contributed by atoms with Crippen molar-refractivity contribution < 1.29 is 5.21 Å². The summed E-state index contributed by atoms with van der Waals surface area (Å²) in [6, 6.07) is 7.77. The van der Waals surface area contributed by atoms with Gasteiger partial charge in [-0.15, -0.1) is 11.8 Å². The van der Waals surface area contributed by atoms with E-state index in [-0.39, 0.29) is 0 Å². The van der Waals surface area contributed by atoms with Crippen molar-refractivity contribution in [1.29, 1.82) is 0 Å². The maximum atomic E-state index is 8.30. The van der Waals surface area contributed by atoms with Gasteiger partial charge in [0.15, 0.2) is 0 Å². The molecule has 3 heteroatoms. The minimum atomic E-state index is 0.947. The lowest BCUT2D eigenvalue weighted by molar-refractivity contribution is 0.322. The van der Waals surface area contributed by atoms with Gasteiger partial charge in [-0.25, -0.2) is 0 Å². The standard InChI is InChI=1S/C8H9NOS/c1-11-8-5-3-2-4-7(8)6-9-10/h2-6,10H,1H3/b9-6+. The molecule has 0 aliphatic heterocycles. The Morgan fingerprint density at radius 3 is 2.82 bits per heavy atom. The Bertz CT molecular complexity index is 260. The van der Waals surface area contributed by atoms with Crippen molar-refractivity contribution in [3.8, 4) is 0 Å². The zero-order valence-corrected chi connectivity index (χ0v) is 7.01. The third-order valence-electron chi connectivity index (χ3n) is 1.34. The molecule has 1 N–H and O–H groups in total. The van der Waals surface area contributed by atoms with Crippen LogP contribution in [0, 0.1) is 0 Å². The van der Waals surface area contributed by atoms with Crippen molar-refractivity contribution in [2.45, 2.75) is 4.90 Å². The van der Waals surface area contributed by atoms with Crippen molar-refractivity contribution in [3.63, 3.8) is 0 Å². The highest BCUT2D eigenvalue weighted by molar-refractivity contribution is 7.98. The molecule has 0 spiro atoms. The van der Waals surface area contributed by atoms with Crippen LogP contribution in [0.2, 0.25) is 0 Å². The van der Waals surface area contributed by atoms with E-state index in [0.29, 0.717) is 0 Å². The molecule has 1 aromatic carbocycles. The fourth-order valence-corrected chi connectivity index (χ4v) is 1.41. The summed E-state index contributed by atoms with van der Waals surface area (Å²) in [5.41, 5.74) is 0.947. The van der Waals surface area contributed by atoms with Crippen LogP contribution in [-0.2, 0) is 0 Å². The molecule has 0 amide bonds. The van der Waals surface area contributed by atoms with Gasteiger partial charge < -0.3 is 5.21 Å². The lowest BCUT2D eigenvalue weighted by Crippen LogP contribution is -1.83. The summed E-state index contributed by atoms with van der Waals surface area (Å²) >= 11 is 1.63. The number of benzene rings is 1. The Morgan fingerprint density at radius 1 is 1.45 bits per heavy atom. The molecule has 0 aromatic heterocycles. The molecule has 0 bridgehead atoms. The van der Waals surface area contributed by atoms with Gasteiger partial charge in [0.2, 0.25) is 0 Å². The van der Waals surface area contributed by atoms with Crippen molar-refractivity contribution >= 4 is 18.0 Å². The van der Waals surface area contributed by atoms with E-state index >= 15 is 0 Å². The van der Waals surface area contributed by atoms with Gasteiger partial charge in [0.25, 0.3) is 0 Å². The number of oxime groups is 1. The number of hydrogen-bond acceptors (Lipinski definition) is 3. The van der Waals surface area contributed by atoms with E-state index in [1.54, 1.807) is 11.8 Å². The van der Waals surface area contributed by atoms with Crippen LogP contribution < -0.4 is 0 Å². The van der Waals surface area contributed by atoms with E-state index in [4.69, 9.17) is 5.21 Å². The first-order valence-corrected chi connectivity index (χ1v) is 4.41. The SMILES string of the molecule is CSc1ccccc1/C=N/O. The van der Waals surface area contributed by atoms with Crippen molar-refractivity contribution in [1.82, 2.24) is 0 Å². The average Bonchev–Trinajstić information content (AvgIpc) is 2.06. The maximum Gasteiger partial charge on any atom is 0.0745 e. The zero-order chi connectivity index (χ0) is 8.10. The third-order valence-corrected chi connectivity index (χ3v) is 2.15. The molecule has 0 saturated heterocycles. The molecule has 0 saturated carbocycles. The van der Waals surface area contributed by atoms with Gasteiger partial charge in [-0.3, -0.25) is 0 Å². The van der Waals surface area contributed by atoms with Gasteiger partial charge >= 0.3 is 0 Å². The monoisotopic (exact) mass is 167 g/mol. The van der Waals surface area contributed by atoms with Crippen molar-refractivity contribution in [3.05, 3.63) is 29.8 Å². The quantitative estimate of drug-likeness (QED) is 0.317. The first-order valence-electron chi connectivity index (χ1n) is 3.19. The Labute approximate surface area is 69.9 Å². The van der Waals surface area contributed by atoms with Crippen LogP contribution in [0.3, 0.4) is 0 Å². The number of thioether (sulfide) groups is 1. The van der Waals surface area contributed by atoms with Crippen LogP contribution in [0.1, 0.15) is 5.56 Å². The van der Waals surface area contributed by atoms with Crippen LogP contribution in [0.25, 0.3) is 0 Å². The van der Waals surface area contributed by atoms with Gasteiger partial charge in [-0.05, 0) is 12.3 Å². The molecule has 0 atom stereocenters. The topological polar surface area (TPSA) is 32.6 Å². The van der Waals surface area contributed by atoms with E-state index < -0.39 is 0 Å². The fourth-order valence-electron chi connectivity index (χ4n) is 0.835. The summed E-state index contributed by atoms with van der Waals surface area (Å²) in [5.74, 6) is 0. The Kier molecular flexibility index (Phi) is 2.98. The summed E-state index contributed by atoms with van der Waals surface area (Å²) in [4.78, 5) is 1.12. The van der Waals surface area contributed by atoms with Gasteiger partial charge in [-0.2, -0.15) is 0 Å². The van der Waals surface area contributed by atoms with Crippen LogP contribution in [0.4, 0.5) is 0 Å². The summed E-state index contributed by atoms with van der Waals surface area (Å²) in [5, 5.41) is 11.3. The first kappa shape index (κ1) is 8.14. The normalized spacial score (nSPS) is 10.6. The van der Waals surface area contributed by atoms with Crippen LogP contribution >= 0.6 is 11.8 Å². The molecule has 1 aromatic rings.